The maximum atomic E-state index is 15.1. The molecule has 3 saturated heterocycles. The monoisotopic (exact) mass is 787 g/mol. The molecule has 0 spiro atoms. The van der Waals surface area contributed by atoms with Crippen LogP contribution in [-0.4, -0.2) is 108 Å². The van der Waals surface area contributed by atoms with Crippen molar-refractivity contribution < 1.29 is 31.9 Å². The Labute approximate surface area is 330 Å². The summed E-state index contributed by atoms with van der Waals surface area (Å²) in [6, 6.07) is 20.3. The number of halogens is 1. The molecule has 3 atom stereocenters. The summed E-state index contributed by atoms with van der Waals surface area (Å²) < 4.78 is 53.2. The van der Waals surface area contributed by atoms with Crippen molar-refractivity contribution in [1.29, 1.82) is 0 Å². The van der Waals surface area contributed by atoms with Gasteiger partial charge in [-0.3, -0.25) is 4.79 Å². The van der Waals surface area contributed by atoms with Crippen molar-refractivity contribution in [2.24, 2.45) is 11.8 Å². The highest BCUT2D eigenvalue weighted by atomic mass is 32.2. The lowest BCUT2D eigenvalue weighted by atomic mass is 9.57. The summed E-state index contributed by atoms with van der Waals surface area (Å²) in [5, 5.41) is 5.79. The summed E-state index contributed by atoms with van der Waals surface area (Å²) in [4.78, 5) is 31.8. The van der Waals surface area contributed by atoms with Crippen LogP contribution >= 0.6 is 0 Å². The molecule has 7 rings (SSSR count). The number of carbonyl (C=O) groups excluding carboxylic acids is 2. The highest BCUT2D eigenvalue weighted by Gasteiger charge is 2.54. The number of nitrogens with zero attached hydrogens (tertiary/aromatic N) is 3. The van der Waals surface area contributed by atoms with E-state index in [1.54, 1.807) is 37.4 Å². The highest BCUT2D eigenvalue weighted by Crippen LogP contribution is 2.51. The van der Waals surface area contributed by atoms with E-state index < -0.39 is 21.8 Å². The van der Waals surface area contributed by atoms with Gasteiger partial charge in [-0.1, -0.05) is 31.2 Å². The van der Waals surface area contributed by atoms with Crippen molar-refractivity contribution in [3.8, 4) is 0 Å². The fourth-order valence-corrected chi connectivity index (χ4v) is 11.1. The number of benzene rings is 3. The number of rotatable bonds is 14. The van der Waals surface area contributed by atoms with E-state index in [4.69, 9.17) is 9.47 Å². The van der Waals surface area contributed by atoms with E-state index in [0.29, 0.717) is 24.7 Å². The Bertz CT molecular complexity index is 2000. The number of hydrogen-bond donors (Lipinski definition) is 2. The predicted molar refractivity (Wildman–Crippen MR) is 214 cm³/mol. The van der Waals surface area contributed by atoms with Gasteiger partial charge in [-0.15, -0.1) is 0 Å². The average Bonchev–Trinajstić information content (AvgIpc) is 3.64. The molecule has 56 heavy (non-hydrogen) atoms. The molecule has 2 amide bonds. The molecular weight excluding hydrogens is 734 g/mol. The molecule has 1 aliphatic carbocycles. The Hall–Kier alpha value is -4.30. The van der Waals surface area contributed by atoms with Crippen molar-refractivity contribution in [3.05, 3.63) is 96.8 Å². The van der Waals surface area contributed by atoms with Gasteiger partial charge < -0.3 is 34.8 Å². The van der Waals surface area contributed by atoms with Gasteiger partial charge in [0.2, 0.25) is 15.7 Å². The first-order valence-corrected chi connectivity index (χ1v) is 21.2. The van der Waals surface area contributed by atoms with Gasteiger partial charge in [-0.05, 0) is 136 Å². The number of sulfone groups is 1. The smallest absolute Gasteiger partial charge is 0.407 e. The third kappa shape index (κ3) is 8.09. The van der Waals surface area contributed by atoms with Gasteiger partial charge in [0.25, 0.3) is 0 Å². The van der Waals surface area contributed by atoms with E-state index in [-0.39, 0.29) is 38.6 Å². The van der Waals surface area contributed by atoms with Crippen molar-refractivity contribution in [1.82, 2.24) is 15.1 Å². The SMILES string of the molecule is C=CC(=O)Nc1cccc(S(=O)(=O)c2ccc(N3CC(CN4CCC(C(CN5CCC5)(c5cccc(F)c5)[C@H]5CCC[C@@H]5NC(=O)OC)CC4)(OC)C3)cc2)c1. The Morgan fingerprint density at radius 1 is 0.911 bits per heavy atom. The molecule has 13 heteroatoms. The van der Waals surface area contributed by atoms with Crippen molar-refractivity contribution >= 4 is 33.2 Å². The summed E-state index contributed by atoms with van der Waals surface area (Å²) in [7, 11) is -0.637. The first-order chi connectivity index (χ1) is 27.0. The molecule has 0 bridgehead atoms. The summed E-state index contributed by atoms with van der Waals surface area (Å²) >= 11 is 0. The normalized spacial score (nSPS) is 22.7. The number of hydrogen-bond acceptors (Lipinski definition) is 9. The van der Waals surface area contributed by atoms with Crippen LogP contribution in [0, 0.1) is 17.7 Å². The third-order valence-electron chi connectivity index (χ3n) is 12.8. The first-order valence-electron chi connectivity index (χ1n) is 19.7. The molecule has 3 aromatic carbocycles. The van der Waals surface area contributed by atoms with Gasteiger partial charge in [0.15, 0.2) is 0 Å². The molecule has 300 valence electrons. The van der Waals surface area contributed by atoms with E-state index in [1.165, 1.54) is 31.7 Å². The fourth-order valence-electron chi connectivity index (χ4n) is 9.78. The number of anilines is 2. The van der Waals surface area contributed by atoms with Crippen molar-refractivity contribution in [2.45, 2.75) is 65.4 Å². The minimum absolute atomic E-state index is 0.0419. The molecule has 0 aromatic heterocycles. The van der Waals surface area contributed by atoms with Crippen molar-refractivity contribution in [3.63, 3.8) is 0 Å². The molecule has 0 radical (unpaired) electrons. The van der Waals surface area contributed by atoms with Crippen LogP contribution in [0.1, 0.15) is 44.1 Å². The maximum absolute atomic E-state index is 15.1. The molecule has 2 N–H and O–H groups in total. The lowest BCUT2D eigenvalue weighted by molar-refractivity contribution is -0.111. The Morgan fingerprint density at radius 2 is 1.64 bits per heavy atom. The fraction of sp³-hybridized carbons (Fsp3) is 0.488. The molecule has 4 fully saturated rings. The zero-order chi connectivity index (χ0) is 39.5. The van der Waals surface area contributed by atoms with Gasteiger partial charge in [-0.2, -0.15) is 0 Å². The third-order valence-corrected chi connectivity index (χ3v) is 14.6. The quantitative estimate of drug-likeness (QED) is 0.194. The molecule has 1 saturated carbocycles. The van der Waals surface area contributed by atoms with Crippen LogP contribution in [0.3, 0.4) is 0 Å². The molecule has 4 aliphatic rings. The Kier molecular flexibility index (Phi) is 11.9. The number of nitrogens with one attached hydrogen (secondary N) is 2. The van der Waals surface area contributed by atoms with E-state index in [9.17, 15) is 18.0 Å². The lowest BCUT2D eigenvalue weighted by Gasteiger charge is -2.55. The standard InChI is InChI=1S/C43H54FN5O6S/c1-4-40(50)45-34-11-6-12-37(26-34)56(52,53)36-17-15-35(16-18-36)49-28-42(29-49,55-3)27-48-23-19-31(20-24-48)43(30-47-21-8-22-47,32-9-5-10-33(44)25-32)38-13-7-14-39(38)46-41(51)54-2/h4-6,9-12,15-18,25-26,31,38-39H,1,7-8,13-14,19-24,27-30H2,2-3H3,(H,45,50)(H,46,51)/t38-,39-,43?/m0/s1. The van der Waals surface area contributed by atoms with Crippen LogP contribution in [0.2, 0.25) is 0 Å². The number of carbonyl (C=O) groups is 2. The summed E-state index contributed by atoms with van der Waals surface area (Å²) in [6.45, 7) is 10.3. The van der Waals surface area contributed by atoms with E-state index in [0.717, 1.165) is 88.7 Å². The van der Waals surface area contributed by atoms with E-state index in [2.05, 4.69) is 38.0 Å². The zero-order valence-corrected chi connectivity index (χ0v) is 33.2. The summed E-state index contributed by atoms with van der Waals surface area (Å²) in [5.74, 6) is -0.190. The molecule has 3 aromatic rings. The van der Waals surface area contributed by atoms with Crippen molar-refractivity contribution in [2.75, 3.05) is 76.8 Å². The van der Waals surface area contributed by atoms with Gasteiger partial charge in [0.1, 0.15) is 11.4 Å². The summed E-state index contributed by atoms with van der Waals surface area (Å²) in [6.07, 6.45) is 6.65. The lowest BCUT2D eigenvalue weighted by Crippen LogP contribution is -2.68. The Morgan fingerprint density at radius 3 is 2.29 bits per heavy atom. The van der Waals surface area contributed by atoms with Gasteiger partial charge in [0.05, 0.1) is 30.0 Å². The Balaban J connectivity index is 1.03. The predicted octanol–water partition coefficient (Wildman–Crippen LogP) is 5.87. The zero-order valence-electron chi connectivity index (χ0n) is 32.4. The largest absolute Gasteiger partial charge is 0.453 e. The second-order valence-electron chi connectivity index (χ2n) is 16.0. The van der Waals surface area contributed by atoms with Crippen LogP contribution in [-0.2, 0) is 29.5 Å². The molecule has 3 heterocycles. The number of amides is 2. The minimum Gasteiger partial charge on any atom is -0.453 e. The van der Waals surface area contributed by atoms with Gasteiger partial charge >= 0.3 is 6.09 Å². The first kappa shape index (κ1) is 39.9. The van der Waals surface area contributed by atoms with Crippen LogP contribution in [0.15, 0.2) is 95.2 Å². The number of methoxy groups -OCH3 is 2. The van der Waals surface area contributed by atoms with E-state index >= 15 is 4.39 Å². The van der Waals surface area contributed by atoms with E-state index in [1.807, 2.05) is 18.2 Å². The molecule has 3 aliphatic heterocycles. The van der Waals surface area contributed by atoms with Gasteiger partial charge in [0, 0.05) is 43.0 Å². The second-order valence-corrected chi connectivity index (χ2v) is 17.9. The molecular formula is C43H54FN5O6S. The van der Waals surface area contributed by atoms with Crippen LogP contribution in [0.25, 0.3) is 0 Å². The maximum Gasteiger partial charge on any atom is 0.407 e. The number of piperidine rings is 1. The second kappa shape index (κ2) is 16.7. The molecule has 11 nitrogen and oxygen atoms in total. The number of ether oxygens (including phenoxy) is 2. The summed E-state index contributed by atoms with van der Waals surface area (Å²) in [5.41, 5.74) is 1.64. The van der Waals surface area contributed by atoms with Crippen LogP contribution in [0.4, 0.5) is 20.6 Å². The van der Waals surface area contributed by atoms with Crippen LogP contribution < -0.4 is 15.5 Å². The highest BCUT2D eigenvalue weighted by molar-refractivity contribution is 7.91. The van der Waals surface area contributed by atoms with Gasteiger partial charge in [-0.25, -0.2) is 17.6 Å². The topological polar surface area (TPSA) is 121 Å². The molecule has 1 unspecified atom stereocenters. The minimum atomic E-state index is -3.81. The average molecular weight is 788 g/mol. The van der Waals surface area contributed by atoms with Crippen LogP contribution in [0.5, 0.6) is 0 Å². The number of likely N-dealkylation sites (tertiary alicyclic amines) is 2. The number of alkyl carbamates (subject to hydrolysis) is 1.